The smallest absolute Gasteiger partial charge is 0.109 e. The molecule has 1 saturated carbocycles. The van der Waals surface area contributed by atoms with E-state index in [0.29, 0.717) is 6.04 Å². The van der Waals surface area contributed by atoms with Crippen molar-refractivity contribution < 1.29 is 0 Å². The summed E-state index contributed by atoms with van der Waals surface area (Å²) >= 11 is 0. The summed E-state index contributed by atoms with van der Waals surface area (Å²) in [6, 6.07) is 0.596. The Morgan fingerprint density at radius 3 is 2.43 bits per heavy atom. The number of hydrogen-bond donors (Lipinski definition) is 1. The monoisotopic (exact) mass is 291 g/mol. The Labute approximate surface area is 130 Å². The van der Waals surface area contributed by atoms with Crippen molar-refractivity contribution in [2.75, 3.05) is 6.54 Å². The molecule has 0 aliphatic heterocycles. The van der Waals surface area contributed by atoms with Crippen LogP contribution in [0.25, 0.3) is 0 Å². The van der Waals surface area contributed by atoms with Crippen LogP contribution >= 0.6 is 0 Å². The number of aryl methyl sites for hydroxylation is 1. The molecule has 1 fully saturated rings. The van der Waals surface area contributed by atoms with Gasteiger partial charge in [0.25, 0.3) is 0 Å². The van der Waals surface area contributed by atoms with Gasteiger partial charge in [0.15, 0.2) is 0 Å². The standard InChI is InChI=1S/C18H33N3/c1-5-10-19-17(13-18-20-11-12-21(18)4)16-8-6-15(7-9-16)14(2)3/h11-12,14-17,19H,5-10,13H2,1-4H3. The number of rotatable bonds is 7. The zero-order valence-electron chi connectivity index (χ0n) is 14.3. The molecule has 3 heteroatoms. The quantitative estimate of drug-likeness (QED) is 0.828. The first kappa shape index (κ1) is 16.5. The van der Waals surface area contributed by atoms with Gasteiger partial charge in [-0.25, -0.2) is 4.98 Å². The molecule has 0 bridgehead atoms. The van der Waals surface area contributed by atoms with Crippen molar-refractivity contribution >= 4 is 0 Å². The van der Waals surface area contributed by atoms with E-state index in [4.69, 9.17) is 0 Å². The topological polar surface area (TPSA) is 29.9 Å². The zero-order valence-corrected chi connectivity index (χ0v) is 14.3. The van der Waals surface area contributed by atoms with Crippen LogP contribution in [0.15, 0.2) is 12.4 Å². The van der Waals surface area contributed by atoms with Gasteiger partial charge in [0.2, 0.25) is 0 Å². The third kappa shape index (κ3) is 4.57. The number of aromatic nitrogens is 2. The van der Waals surface area contributed by atoms with E-state index in [-0.39, 0.29) is 0 Å². The first-order valence-electron chi connectivity index (χ1n) is 8.81. The van der Waals surface area contributed by atoms with Gasteiger partial charge in [0.1, 0.15) is 5.82 Å². The normalized spacial score (nSPS) is 24.4. The average molecular weight is 291 g/mol. The lowest BCUT2D eigenvalue weighted by atomic mass is 9.74. The van der Waals surface area contributed by atoms with Crippen LogP contribution in [0.3, 0.4) is 0 Å². The number of nitrogens with one attached hydrogen (secondary N) is 1. The van der Waals surface area contributed by atoms with Crippen LogP contribution in [-0.4, -0.2) is 22.1 Å². The van der Waals surface area contributed by atoms with Gasteiger partial charge < -0.3 is 9.88 Å². The second-order valence-corrected chi connectivity index (χ2v) is 7.14. The van der Waals surface area contributed by atoms with E-state index in [0.717, 1.165) is 30.7 Å². The van der Waals surface area contributed by atoms with Crippen LogP contribution in [0.2, 0.25) is 0 Å². The van der Waals surface area contributed by atoms with Gasteiger partial charge >= 0.3 is 0 Å². The van der Waals surface area contributed by atoms with E-state index < -0.39 is 0 Å². The molecule has 1 N–H and O–H groups in total. The minimum atomic E-state index is 0.596. The third-order valence-electron chi connectivity index (χ3n) is 5.31. The molecule has 1 aromatic heterocycles. The summed E-state index contributed by atoms with van der Waals surface area (Å²) in [6.45, 7) is 8.14. The van der Waals surface area contributed by atoms with E-state index in [1.165, 1.54) is 37.9 Å². The zero-order chi connectivity index (χ0) is 15.2. The molecule has 1 aromatic rings. The van der Waals surface area contributed by atoms with Gasteiger partial charge in [-0.1, -0.05) is 20.8 Å². The lowest BCUT2D eigenvalue weighted by Gasteiger charge is -2.36. The van der Waals surface area contributed by atoms with E-state index >= 15 is 0 Å². The van der Waals surface area contributed by atoms with E-state index in [1.807, 2.05) is 6.20 Å². The third-order valence-corrected chi connectivity index (χ3v) is 5.31. The highest BCUT2D eigenvalue weighted by Crippen LogP contribution is 2.35. The van der Waals surface area contributed by atoms with Crippen molar-refractivity contribution in [2.24, 2.45) is 24.8 Å². The Hall–Kier alpha value is -0.830. The maximum atomic E-state index is 4.52. The molecule has 120 valence electrons. The summed E-state index contributed by atoms with van der Waals surface area (Å²) in [4.78, 5) is 4.52. The fourth-order valence-corrected chi connectivity index (χ4v) is 3.74. The van der Waals surface area contributed by atoms with E-state index in [9.17, 15) is 0 Å². The van der Waals surface area contributed by atoms with Gasteiger partial charge in [0.05, 0.1) is 0 Å². The van der Waals surface area contributed by atoms with Crippen molar-refractivity contribution in [3.63, 3.8) is 0 Å². The van der Waals surface area contributed by atoms with E-state index in [1.54, 1.807) is 0 Å². The van der Waals surface area contributed by atoms with Crippen LogP contribution in [0.4, 0.5) is 0 Å². The van der Waals surface area contributed by atoms with Gasteiger partial charge in [-0.2, -0.15) is 0 Å². The summed E-state index contributed by atoms with van der Waals surface area (Å²) < 4.78 is 2.17. The minimum Gasteiger partial charge on any atom is -0.338 e. The number of nitrogens with zero attached hydrogens (tertiary/aromatic N) is 2. The predicted molar refractivity (Wildman–Crippen MR) is 89.3 cm³/mol. The Morgan fingerprint density at radius 1 is 1.24 bits per heavy atom. The van der Waals surface area contributed by atoms with Crippen molar-refractivity contribution in [1.29, 1.82) is 0 Å². The molecule has 0 saturated heterocycles. The lowest BCUT2D eigenvalue weighted by Crippen LogP contribution is -2.41. The SMILES string of the molecule is CCCNC(Cc1nccn1C)C1CCC(C(C)C)CC1. The minimum absolute atomic E-state index is 0.596. The molecule has 1 heterocycles. The fraction of sp³-hybridized carbons (Fsp3) is 0.833. The summed E-state index contributed by atoms with van der Waals surface area (Å²) in [5, 5.41) is 3.80. The summed E-state index contributed by atoms with van der Waals surface area (Å²) in [7, 11) is 2.11. The van der Waals surface area contributed by atoms with Gasteiger partial charge in [0, 0.05) is 31.9 Å². The van der Waals surface area contributed by atoms with Crippen molar-refractivity contribution in [3.05, 3.63) is 18.2 Å². The van der Waals surface area contributed by atoms with Crippen LogP contribution < -0.4 is 5.32 Å². The lowest BCUT2D eigenvalue weighted by molar-refractivity contribution is 0.186. The van der Waals surface area contributed by atoms with Crippen molar-refractivity contribution in [3.8, 4) is 0 Å². The molecule has 3 nitrogen and oxygen atoms in total. The maximum absolute atomic E-state index is 4.52. The Bertz CT molecular complexity index is 402. The molecular formula is C18H33N3. The molecule has 0 spiro atoms. The molecule has 0 aromatic carbocycles. The molecule has 0 radical (unpaired) electrons. The molecule has 1 atom stereocenters. The Kier molecular flexibility index (Phi) is 6.28. The molecule has 2 rings (SSSR count). The van der Waals surface area contributed by atoms with Crippen LogP contribution in [0.1, 0.15) is 58.7 Å². The number of hydrogen-bond acceptors (Lipinski definition) is 2. The predicted octanol–water partition coefficient (Wildman–Crippen LogP) is 3.79. The first-order valence-corrected chi connectivity index (χ1v) is 8.81. The van der Waals surface area contributed by atoms with Crippen LogP contribution in [0, 0.1) is 17.8 Å². The molecule has 21 heavy (non-hydrogen) atoms. The van der Waals surface area contributed by atoms with Crippen LogP contribution in [0.5, 0.6) is 0 Å². The summed E-state index contributed by atoms with van der Waals surface area (Å²) in [6.07, 6.45) is 11.8. The first-order chi connectivity index (χ1) is 10.1. The molecule has 1 unspecified atom stereocenters. The van der Waals surface area contributed by atoms with Crippen molar-refractivity contribution in [2.45, 2.75) is 65.3 Å². The average Bonchev–Trinajstić information content (AvgIpc) is 2.88. The molecule has 0 amide bonds. The van der Waals surface area contributed by atoms with Gasteiger partial charge in [-0.3, -0.25) is 0 Å². The van der Waals surface area contributed by atoms with Gasteiger partial charge in [-0.15, -0.1) is 0 Å². The molecular weight excluding hydrogens is 258 g/mol. The highest BCUT2D eigenvalue weighted by Gasteiger charge is 2.29. The maximum Gasteiger partial charge on any atom is 0.109 e. The fourth-order valence-electron chi connectivity index (χ4n) is 3.74. The second kappa shape index (κ2) is 7.98. The number of imidazole rings is 1. The van der Waals surface area contributed by atoms with E-state index in [2.05, 4.69) is 48.9 Å². The van der Waals surface area contributed by atoms with Gasteiger partial charge in [-0.05, 0) is 56.4 Å². The summed E-state index contributed by atoms with van der Waals surface area (Å²) in [5.74, 6) is 3.83. The highest BCUT2D eigenvalue weighted by molar-refractivity contribution is 4.97. The highest BCUT2D eigenvalue weighted by atomic mass is 15.0. The summed E-state index contributed by atoms with van der Waals surface area (Å²) in [5.41, 5.74) is 0. The van der Waals surface area contributed by atoms with Crippen LogP contribution in [-0.2, 0) is 13.5 Å². The largest absolute Gasteiger partial charge is 0.338 e. The Morgan fingerprint density at radius 2 is 1.90 bits per heavy atom. The van der Waals surface area contributed by atoms with Crippen molar-refractivity contribution in [1.82, 2.24) is 14.9 Å². The Balaban J connectivity index is 1.95. The second-order valence-electron chi connectivity index (χ2n) is 7.14. The molecule has 1 aliphatic carbocycles. The molecule has 1 aliphatic rings.